The maximum absolute atomic E-state index is 13.1. The number of aromatic nitrogens is 1. The molecule has 1 aliphatic rings. The molecular weight excluding hydrogens is 476 g/mol. The Morgan fingerprint density at radius 2 is 1.91 bits per heavy atom. The van der Waals surface area contributed by atoms with Crippen molar-refractivity contribution in [2.75, 3.05) is 11.5 Å². The number of benzene rings is 2. The second kappa shape index (κ2) is 8.84. The van der Waals surface area contributed by atoms with Crippen molar-refractivity contribution in [3.05, 3.63) is 94.2 Å². The second-order valence-corrected chi connectivity index (χ2v) is 8.06. The Labute approximate surface area is 192 Å². The first-order chi connectivity index (χ1) is 15.4. The van der Waals surface area contributed by atoms with Crippen molar-refractivity contribution in [2.45, 2.75) is 13.0 Å². The third-order valence-corrected chi connectivity index (χ3v) is 5.52. The van der Waals surface area contributed by atoms with Crippen LogP contribution in [0, 0.1) is 6.92 Å². The quantitative estimate of drug-likeness (QED) is 0.226. The molecule has 1 N–H and O–H groups in total. The van der Waals surface area contributed by atoms with E-state index < -0.39 is 17.7 Å². The minimum absolute atomic E-state index is 0.0299. The van der Waals surface area contributed by atoms with Crippen molar-refractivity contribution < 1.29 is 24.0 Å². The van der Waals surface area contributed by atoms with Crippen LogP contribution < -0.4 is 9.64 Å². The molecule has 1 amide bonds. The van der Waals surface area contributed by atoms with Crippen molar-refractivity contribution in [1.29, 1.82) is 0 Å². The molecule has 2 heterocycles. The van der Waals surface area contributed by atoms with Crippen LogP contribution in [0.2, 0.25) is 0 Å². The molecule has 8 heteroatoms. The number of ether oxygens (including phenoxy) is 1. The minimum atomic E-state index is -0.892. The van der Waals surface area contributed by atoms with Gasteiger partial charge in [0.2, 0.25) is 0 Å². The SMILES string of the molecule is C=CCOc1ccc([C@@H]2C(=C(O)c3ccc(Br)cc3)C(=O)C(=O)N2c2cc(C)on2)cc1. The van der Waals surface area contributed by atoms with Gasteiger partial charge in [-0.05, 0) is 36.8 Å². The smallest absolute Gasteiger partial charge is 0.301 e. The Balaban J connectivity index is 1.86. The van der Waals surface area contributed by atoms with Crippen LogP contribution in [-0.4, -0.2) is 28.6 Å². The highest BCUT2D eigenvalue weighted by Gasteiger charge is 2.48. The Morgan fingerprint density at radius 3 is 2.50 bits per heavy atom. The number of carbonyl (C=O) groups excluding carboxylic acids is 2. The zero-order valence-electron chi connectivity index (χ0n) is 17.1. The van der Waals surface area contributed by atoms with Crippen LogP contribution in [0.15, 0.2) is 81.8 Å². The van der Waals surface area contributed by atoms with E-state index in [0.29, 0.717) is 29.2 Å². The topological polar surface area (TPSA) is 92.9 Å². The van der Waals surface area contributed by atoms with Crippen molar-refractivity contribution in [1.82, 2.24) is 5.16 Å². The summed E-state index contributed by atoms with van der Waals surface area (Å²) in [4.78, 5) is 27.3. The van der Waals surface area contributed by atoms with Crippen LogP contribution in [0.25, 0.3) is 5.76 Å². The zero-order valence-corrected chi connectivity index (χ0v) is 18.7. The van der Waals surface area contributed by atoms with Gasteiger partial charge in [-0.1, -0.05) is 58.0 Å². The number of aryl methyl sites for hydroxylation is 1. The van der Waals surface area contributed by atoms with E-state index in [-0.39, 0.29) is 17.2 Å². The van der Waals surface area contributed by atoms with E-state index in [0.717, 1.165) is 4.47 Å². The first kappa shape index (κ1) is 21.6. The van der Waals surface area contributed by atoms with E-state index in [1.165, 1.54) is 4.90 Å². The Kier molecular flexibility index (Phi) is 5.96. The van der Waals surface area contributed by atoms with E-state index >= 15 is 0 Å². The molecule has 0 saturated carbocycles. The van der Waals surface area contributed by atoms with E-state index in [1.807, 2.05) is 0 Å². The van der Waals surface area contributed by atoms with Crippen molar-refractivity contribution in [3.8, 4) is 5.75 Å². The van der Waals surface area contributed by atoms with Crippen molar-refractivity contribution in [2.24, 2.45) is 0 Å². The lowest BCUT2D eigenvalue weighted by atomic mass is 9.95. The Morgan fingerprint density at radius 1 is 1.22 bits per heavy atom. The molecule has 162 valence electrons. The number of rotatable bonds is 6. The number of aliphatic hydroxyl groups excluding tert-OH is 1. The van der Waals surface area contributed by atoms with Gasteiger partial charge in [-0.3, -0.25) is 14.5 Å². The van der Waals surface area contributed by atoms with Crippen LogP contribution in [0.4, 0.5) is 5.82 Å². The van der Waals surface area contributed by atoms with Crippen LogP contribution in [0.5, 0.6) is 5.75 Å². The zero-order chi connectivity index (χ0) is 22.8. The summed E-state index contributed by atoms with van der Waals surface area (Å²) in [5, 5.41) is 15.0. The predicted molar refractivity (Wildman–Crippen MR) is 122 cm³/mol. The fraction of sp³-hybridized carbons (Fsp3) is 0.125. The van der Waals surface area contributed by atoms with Crippen LogP contribution in [-0.2, 0) is 9.59 Å². The van der Waals surface area contributed by atoms with Crippen LogP contribution >= 0.6 is 15.9 Å². The maximum Gasteiger partial charge on any atom is 0.301 e. The van der Waals surface area contributed by atoms with Crippen LogP contribution in [0.1, 0.15) is 22.9 Å². The summed E-state index contributed by atoms with van der Waals surface area (Å²) in [7, 11) is 0. The number of aliphatic hydroxyl groups is 1. The molecule has 1 saturated heterocycles. The molecule has 1 aromatic heterocycles. The third-order valence-electron chi connectivity index (χ3n) is 4.99. The third kappa shape index (κ3) is 3.97. The van der Waals surface area contributed by atoms with Gasteiger partial charge >= 0.3 is 5.91 Å². The van der Waals surface area contributed by atoms with Gasteiger partial charge in [0, 0.05) is 16.1 Å². The standard InChI is InChI=1S/C24H19BrN2O5/c1-3-12-31-18-10-6-15(7-11-18)21-20(22(28)16-4-8-17(25)9-5-16)23(29)24(30)27(21)19-13-14(2)32-26-19/h3-11,13,21,28H,1,12H2,2H3/t21-/m1/s1. The molecule has 3 aromatic rings. The highest BCUT2D eigenvalue weighted by Crippen LogP contribution is 2.42. The highest BCUT2D eigenvalue weighted by atomic mass is 79.9. The number of hydrogen-bond donors (Lipinski definition) is 1. The molecule has 0 bridgehead atoms. The number of nitrogens with zero attached hydrogens (tertiary/aromatic N) is 2. The first-order valence-corrected chi connectivity index (χ1v) is 10.5. The van der Waals surface area contributed by atoms with Gasteiger partial charge in [0.05, 0.1) is 11.6 Å². The Bertz CT molecular complexity index is 1210. The molecule has 0 aliphatic carbocycles. The van der Waals surface area contributed by atoms with Gasteiger partial charge < -0.3 is 14.4 Å². The van der Waals surface area contributed by atoms with Crippen molar-refractivity contribution >= 4 is 39.2 Å². The summed E-state index contributed by atoms with van der Waals surface area (Å²) >= 11 is 3.35. The maximum atomic E-state index is 13.1. The molecule has 2 aromatic carbocycles. The predicted octanol–water partition coefficient (Wildman–Crippen LogP) is 4.94. The van der Waals surface area contributed by atoms with E-state index in [9.17, 15) is 14.7 Å². The number of amides is 1. The molecule has 1 fully saturated rings. The van der Waals surface area contributed by atoms with Gasteiger partial charge in [-0.2, -0.15) is 0 Å². The minimum Gasteiger partial charge on any atom is -0.507 e. The molecule has 7 nitrogen and oxygen atoms in total. The normalized spacial score (nSPS) is 17.6. The summed E-state index contributed by atoms with van der Waals surface area (Å²) in [5.41, 5.74) is 0.991. The molecule has 1 aliphatic heterocycles. The van der Waals surface area contributed by atoms with E-state index in [2.05, 4.69) is 27.7 Å². The number of carbonyl (C=O) groups is 2. The molecule has 1 atom stereocenters. The van der Waals surface area contributed by atoms with E-state index in [4.69, 9.17) is 9.26 Å². The number of hydrogen-bond acceptors (Lipinski definition) is 6. The average molecular weight is 495 g/mol. The summed E-state index contributed by atoms with van der Waals surface area (Å²) in [6, 6.07) is 14.4. The lowest BCUT2D eigenvalue weighted by Gasteiger charge is -2.23. The first-order valence-electron chi connectivity index (χ1n) is 9.74. The molecule has 0 radical (unpaired) electrons. The van der Waals surface area contributed by atoms with Gasteiger partial charge in [0.1, 0.15) is 23.9 Å². The average Bonchev–Trinajstić information content (AvgIpc) is 3.33. The highest BCUT2D eigenvalue weighted by molar-refractivity contribution is 9.10. The number of anilines is 1. The fourth-order valence-electron chi connectivity index (χ4n) is 3.52. The number of halogens is 1. The molecular formula is C24H19BrN2O5. The van der Waals surface area contributed by atoms with Gasteiger partial charge in [-0.15, -0.1) is 0 Å². The molecule has 4 rings (SSSR count). The van der Waals surface area contributed by atoms with Gasteiger partial charge in [-0.25, -0.2) is 0 Å². The molecule has 0 unspecified atom stereocenters. The monoisotopic (exact) mass is 494 g/mol. The fourth-order valence-corrected chi connectivity index (χ4v) is 3.78. The van der Waals surface area contributed by atoms with E-state index in [1.54, 1.807) is 67.6 Å². The lowest BCUT2D eigenvalue weighted by molar-refractivity contribution is -0.132. The Hall–Kier alpha value is -3.65. The summed E-state index contributed by atoms with van der Waals surface area (Å²) in [5.74, 6) is -0.582. The summed E-state index contributed by atoms with van der Waals surface area (Å²) in [6.07, 6.45) is 1.63. The number of Topliss-reactive ketones (excluding diaryl/α,β-unsaturated/α-hetero) is 1. The van der Waals surface area contributed by atoms with Crippen LogP contribution in [0.3, 0.4) is 0 Å². The number of ketones is 1. The molecule has 32 heavy (non-hydrogen) atoms. The molecule has 0 spiro atoms. The summed E-state index contributed by atoms with van der Waals surface area (Å²) < 4.78 is 11.5. The van der Waals surface area contributed by atoms with Crippen molar-refractivity contribution in [3.63, 3.8) is 0 Å². The van der Waals surface area contributed by atoms with Gasteiger partial charge in [0.25, 0.3) is 5.78 Å². The lowest BCUT2D eigenvalue weighted by Crippen LogP contribution is -2.29. The van der Waals surface area contributed by atoms with Gasteiger partial charge in [0.15, 0.2) is 5.82 Å². The second-order valence-electron chi connectivity index (χ2n) is 7.14. The largest absolute Gasteiger partial charge is 0.507 e. The summed E-state index contributed by atoms with van der Waals surface area (Å²) in [6.45, 7) is 5.66.